The Morgan fingerprint density at radius 1 is 0.969 bits per heavy atom. The standard InChI is InChI=1S/C27H27NO4/c1-31-25-20-21(16-17-24(25)29)10-8-9-15-26(30)28-18-19-32-27(22-11-4-2-5-12-22)23-13-6-3-7-14-23/h2-17,20,27,29H,18-19H2,1H3,(H,28,30). The number of ether oxygens (including phenoxy) is 2. The van der Waals surface area contributed by atoms with E-state index in [1.807, 2.05) is 66.7 Å². The van der Waals surface area contributed by atoms with Gasteiger partial charge >= 0.3 is 0 Å². The molecule has 0 aliphatic carbocycles. The SMILES string of the molecule is COc1cc(C=CC=CC(=O)NCCOC(c2ccccc2)c2ccccc2)ccc1O. The molecule has 0 bridgehead atoms. The van der Waals surface area contributed by atoms with Gasteiger partial charge in [0.25, 0.3) is 0 Å². The van der Waals surface area contributed by atoms with Gasteiger partial charge in [0.05, 0.1) is 13.7 Å². The van der Waals surface area contributed by atoms with Crippen molar-refractivity contribution in [2.75, 3.05) is 20.3 Å². The predicted octanol–water partition coefficient (Wildman–Crippen LogP) is 4.89. The highest BCUT2D eigenvalue weighted by Gasteiger charge is 2.14. The first-order valence-electron chi connectivity index (χ1n) is 10.4. The Hall–Kier alpha value is -3.83. The molecule has 5 nitrogen and oxygen atoms in total. The fourth-order valence-electron chi connectivity index (χ4n) is 3.16. The minimum Gasteiger partial charge on any atom is -0.504 e. The minimum atomic E-state index is -0.197. The first-order valence-corrected chi connectivity index (χ1v) is 10.4. The van der Waals surface area contributed by atoms with Crippen LogP contribution in [0.1, 0.15) is 22.8 Å². The van der Waals surface area contributed by atoms with Gasteiger partial charge in [-0.15, -0.1) is 0 Å². The maximum Gasteiger partial charge on any atom is 0.244 e. The number of hydrogen-bond acceptors (Lipinski definition) is 4. The van der Waals surface area contributed by atoms with Crippen molar-refractivity contribution in [1.29, 1.82) is 0 Å². The zero-order valence-electron chi connectivity index (χ0n) is 18.0. The molecule has 164 valence electrons. The summed E-state index contributed by atoms with van der Waals surface area (Å²) in [6.07, 6.45) is 6.50. The monoisotopic (exact) mass is 429 g/mol. The van der Waals surface area contributed by atoms with Gasteiger partial charge in [0.1, 0.15) is 6.10 Å². The third-order valence-corrected chi connectivity index (χ3v) is 4.74. The number of nitrogens with one attached hydrogen (secondary N) is 1. The number of phenols is 1. The highest BCUT2D eigenvalue weighted by molar-refractivity contribution is 5.87. The Kier molecular flexibility index (Phi) is 8.66. The van der Waals surface area contributed by atoms with Crippen molar-refractivity contribution in [2.24, 2.45) is 0 Å². The van der Waals surface area contributed by atoms with E-state index in [-0.39, 0.29) is 17.8 Å². The number of carbonyl (C=O) groups excluding carboxylic acids is 1. The molecule has 3 aromatic rings. The zero-order chi connectivity index (χ0) is 22.6. The quantitative estimate of drug-likeness (QED) is 0.273. The van der Waals surface area contributed by atoms with E-state index in [9.17, 15) is 9.90 Å². The maximum atomic E-state index is 12.0. The van der Waals surface area contributed by atoms with Crippen LogP contribution in [0, 0.1) is 0 Å². The summed E-state index contributed by atoms with van der Waals surface area (Å²) in [6, 6.07) is 25.1. The Bertz CT molecular complexity index is 1010. The summed E-state index contributed by atoms with van der Waals surface area (Å²) >= 11 is 0. The van der Waals surface area contributed by atoms with Crippen LogP contribution >= 0.6 is 0 Å². The molecule has 0 saturated carbocycles. The van der Waals surface area contributed by atoms with Gasteiger partial charge in [0.15, 0.2) is 11.5 Å². The Balaban J connectivity index is 1.47. The van der Waals surface area contributed by atoms with E-state index in [0.717, 1.165) is 16.7 Å². The first kappa shape index (κ1) is 22.8. The van der Waals surface area contributed by atoms with Crippen LogP contribution in [0.25, 0.3) is 6.08 Å². The molecule has 0 aliphatic heterocycles. The predicted molar refractivity (Wildman–Crippen MR) is 127 cm³/mol. The van der Waals surface area contributed by atoms with Crippen molar-refractivity contribution in [1.82, 2.24) is 5.32 Å². The molecule has 32 heavy (non-hydrogen) atoms. The first-order chi connectivity index (χ1) is 15.7. The molecule has 3 rings (SSSR count). The van der Waals surface area contributed by atoms with E-state index in [1.54, 1.807) is 30.4 Å². The van der Waals surface area contributed by atoms with Crippen molar-refractivity contribution in [2.45, 2.75) is 6.10 Å². The van der Waals surface area contributed by atoms with Gasteiger partial charge in [-0.1, -0.05) is 85.0 Å². The lowest BCUT2D eigenvalue weighted by Gasteiger charge is -2.19. The summed E-state index contributed by atoms with van der Waals surface area (Å²) in [5.41, 5.74) is 2.99. The molecule has 5 heteroatoms. The Morgan fingerprint density at radius 3 is 2.25 bits per heavy atom. The zero-order valence-corrected chi connectivity index (χ0v) is 18.0. The molecule has 0 aromatic heterocycles. The lowest BCUT2D eigenvalue weighted by atomic mass is 10.0. The molecule has 0 saturated heterocycles. The van der Waals surface area contributed by atoms with Gasteiger partial charge < -0.3 is 19.9 Å². The van der Waals surface area contributed by atoms with Crippen molar-refractivity contribution >= 4 is 12.0 Å². The van der Waals surface area contributed by atoms with Crippen LogP contribution in [-0.2, 0) is 9.53 Å². The minimum absolute atomic E-state index is 0.0866. The van der Waals surface area contributed by atoms with Gasteiger partial charge in [-0.25, -0.2) is 0 Å². The van der Waals surface area contributed by atoms with Crippen LogP contribution in [-0.4, -0.2) is 31.3 Å². The normalized spacial score (nSPS) is 11.3. The largest absolute Gasteiger partial charge is 0.504 e. The summed E-state index contributed by atoms with van der Waals surface area (Å²) < 4.78 is 11.2. The van der Waals surface area contributed by atoms with E-state index in [1.165, 1.54) is 13.2 Å². The lowest BCUT2D eigenvalue weighted by molar-refractivity contribution is -0.116. The average Bonchev–Trinajstić information content (AvgIpc) is 2.84. The summed E-state index contributed by atoms with van der Waals surface area (Å²) in [4.78, 5) is 12.0. The van der Waals surface area contributed by atoms with Gasteiger partial charge in [0.2, 0.25) is 5.91 Å². The van der Waals surface area contributed by atoms with E-state index in [2.05, 4.69) is 5.32 Å². The topological polar surface area (TPSA) is 67.8 Å². The number of benzene rings is 3. The molecule has 0 fully saturated rings. The van der Waals surface area contributed by atoms with Crippen molar-refractivity contribution in [3.05, 3.63) is 114 Å². The number of aromatic hydroxyl groups is 1. The summed E-state index contributed by atoms with van der Waals surface area (Å²) in [5, 5.41) is 12.4. The molecular weight excluding hydrogens is 402 g/mol. The summed E-state index contributed by atoms with van der Waals surface area (Å²) in [6.45, 7) is 0.787. The Morgan fingerprint density at radius 2 is 1.62 bits per heavy atom. The van der Waals surface area contributed by atoms with Crippen LogP contribution in [0.3, 0.4) is 0 Å². The van der Waals surface area contributed by atoms with Gasteiger partial charge in [-0.05, 0) is 28.8 Å². The molecule has 0 spiro atoms. The van der Waals surface area contributed by atoms with Gasteiger partial charge in [-0.3, -0.25) is 4.79 Å². The fourth-order valence-corrected chi connectivity index (χ4v) is 3.16. The maximum absolute atomic E-state index is 12.0. The third-order valence-electron chi connectivity index (χ3n) is 4.74. The van der Waals surface area contributed by atoms with Crippen molar-refractivity contribution < 1.29 is 19.4 Å². The summed E-state index contributed by atoms with van der Waals surface area (Å²) in [7, 11) is 1.50. The second-order valence-electron chi connectivity index (χ2n) is 7.01. The van der Waals surface area contributed by atoms with Crippen LogP contribution in [0.4, 0.5) is 0 Å². The molecule has 3 aromatic carbocycles. The molecule has 0 heterocycles. The molecule has 2 N–H and O–H groups in total. The van der Waals surface area contributed by atoms with Crippen LogP contribution < -0.4 is 10.1 Å². The number of allylic oxidation sites excluding steroid dienone is 2. The molecule has 1 amide bonds. The van der Waals surface area contributed by atoms with Gasteiger partial charge in [0, 0.05) is 12.6 Å². The number of phenolic OH excluding ortho intramolecular Hbond substituents is 1. The molecular formula is C27H27NO4. The van der Waals surface area contributed by atoms with Gasteiger partial charge in [-0.2, -0.15) is 0 Å². The van der Waals surface area contributed by atoms with Crippen molar-refractivity contribution in [3.8, 4) is 11.5 Å². The highest BCUT2D eigenvalue weighted by Crippen LogP contribution is 2.27. The lowest BCUT2D eigenvalue weighted by Crippen LogP contribution is -2.26. The molecule has 0 aliphatic rings. The second-order valence-corrected chi connectivity index (χ2v) is 7.01. The highest BCUT2D eigenvalue weighted by atomic mass is 16.5. The van der Waals surface area contributed by atoms with Crippen LogP contribution in [0.15, 0.2) is 97.1 Å². The van der Waals surface area contributed by atoms with Crippen LogP contribution in [0.5, 0.6) is 11.5 Å². The smallest absolute Gasteiger partial charge is 0.244 e. The number of hydrogen-bond donors (Lipinski definition) is 2. The summed E-state index contributed by atoms with van der Waals surface area (Å²) in [5.74, 6) is 0.291. The molecule has 0 unspecified atom stereocenters. The number of methoxy groups -OCH3 is 1. The van der Waals surface area contributed by atoms with E-state index in [0.29, 0.717) is 18.9 Å². The van der Waals surface area contributed by atoms with Crippen LogP contribution in [0.2, 0.25) is 0 Å². The van der Waals surface area contributed by atoms with Crippen molar-refractivity contribution in [3.63, 3.8) is 0 Å². The van der Waals surface area contributed by atoms with E-state index >= 15 is 0 Å². The number of amides is 1. The number of rotatable bonds is 10. The number of carbonyl (C=O) groups is 1. The van der Waals surface area contributed by atoms with E-state index in [4.69, 9.17) is 9.47 Å². The fraction of sp³-hybridized carbons (Fsp3) is 0.148. The Labute approximate surface area is 188 Å². The molecule has 0 radical (unpaired) electrons. The second kappa shape index (κ2) is 12.1. The molecule has 0 atom stereocenters. The average molecular weight is 430 g/mol. The van der Waals surface area contributed by atoms with E-state index < -0.39 is 0 Å². The third kappa shape index (κ3) is 6.86.